The molecule has 0 bridgehead atoms. The maximum absolute atomic E-state index is 5.86. The van der Waals surface area contributed by atoms with E-state index in [-0.39, 0.29) is 6.10 Å². The first-order chi connectivity index (χ1) is 11.7. The van der Waals surface area contributed by atoms with E-state index in [9.17, 15) is 0 Å². The number of hydrogen-bond acceptors (Lipinski definition) is 4. The van der Waals surface area contributed by atoms with Crippen LogP contribution in [0.25, 0.3) is 5.69 Å². The fraction of sp³-hybridized carbons (Fsp3) is 0.526. The summed E-state index contributed by atoms with van der Waals surface area (Å²) in [4.78, 5) is 2.44. The van der Waals surface area contributed by atoms with Gasteiger partial charge in [0.1, 0.15) is 0 Å². The van der Waals surface area contributed by atoms with Crippen LogP contribution >= 0.6 is 0 Å². The Labute approximate surface area is 144 Å². The van der Waals surface area contributed by atoms with Gasteiger partial charge < -0.3 is 10.1 Å². The number of rotatable bonds is 6. The quantitative estimate of drug-likeness (QED) is 0.883. The fourth-order valence-corrected chi connectivity index (χ4v) is 3.30. The van der Waals surface area contributed by atoms with Gasteiger partial charge in [-0.25, -0.2) is 4.68 Å². The number of para-hydroxylation sites is 1. The van der Waals surface area contributed by atoms with Crippen LogP contribution in [-0.2, 0) is 11.3 Å². The van der Waals surface area contributed by atoms with Gasteiger partial charge in [-0.2, -0.15) is 5.10 Å². The Morgan fingerprint density at radius 2 is 2.04 bits per heavy atom. The highest BCUT2D eigenvalue weighted by atomic mass is 16.5. The summed E-state index contributed by atoms with van der Waals surface area (Å²) >= 11 is 0. The summed E-state index contributed by atoms with van der Waals surface area (Å²) in [6.07, 6.45) is 0.281. The SMILES string of the molecule is CCN1CCO[C@H](CNCc2c(C)nn(-c3ccccc3)c2C)C1. The molecule has 24 heavy (non-hydrogen) atoms. The highest BCUT2D eigenvalue weighted by molar-refractivity contribution is 5.36. The molecule has 0 spiro atoms. The van der Waals surface area contributed by atoms with Crippen LogP contribution in [0.5, 0.6) is 0 Å². The highest BCUT2D eigenvalue weighted by Gasteiger charge is 2.19. The van der Waals surface area contributed by atoms with Gasteiger partial charge in [0, 0.05) is 37.4 Å². The lowest BCUT2D eigenvalue weighted by Gasteiger charge is -2.32. The Morgan fingerprint density at radius 3 is 2.79 bits per heavy atom. The van der Waals surface area contributed by atoms with Crippen molar-refractivity contribution in [3.8, 4) is 5.69 Å². The minimum atomic E-state index is 0.281. The number of likely N-dealkylation sites (N-methyl/N-ethyl adjacent to an activating group) is 1. The first-order valence-corrected chi connectivity index (χ1v) is 8.84. The molecule has 1 aliphatic rings. The van der Waals surface area contributed by atoms with Crippen LogP contribution in [0, 0.1) is 13.8 Å². The van der Waals surface area contributed by atoms with Gasteiger partial charge in [0.05, 0.1) is 24.1 Å². The van der Waals surface area contributed by atoms with Gasteiger partial charge in [0.25, 0.3) is 0 Å². The van der Waals surface area contributed by atoms with Crippen LogP contribution in [0.15, 0.2) is 30.3 Å². The maximum atomic E-state index is 5.86. The number of ether oxygens (including phenoxy) is 1. The average Bonchev–Trinajstić information content (AvgIpc) is 2.91. The van der Waals surface area contributed by atoms with E-state index in [0.717, 1.165) is 50.7 Å². The molecule has 1 aliphatic heterocycles. The zero-order valence-electron chi connectivity index (χ0n) is 15.0. The van der Waals surface area contributed by atoms with Crippen molar-refractivity contribution in [1.29, 1.82) is 0 Å². The van der Waals surface area contributed by atoms with Crippen LogP contribution < -0.4 is 5.32 Å². The van der Waals surface area contributed by atoms with Crippen molar-refractivity contribution in [2.24, 2.45) is 0 Å². The van der Waals surface area contributed by atoms with Crippen molar-refractivity contribution in [3.63, 3.8) is 0 Å². The number of aromatic nitrogens is 2. The first-order valence-electron chi connectivity index (χ1n) is 8.84. The third-order valence-corrected chi connectivity index (χ3v) is 4.79. The third-order valence-electron chi connectivity index (χ3n) is 4.79. The van der Waals surface area contributed by atoms with E-state index in [0.29, 0.717) is 0 Å². The molecule has 0 radical (unpaired) electrons. The molecule has 130 valence electrons. The molecule has 5 nitrogen and oxygen atoms in total. The summed E-state index contributed by atoms with van der Waals surface area (Å²) in [5, 5.41) is 8.27. The zero-order chi connectivity index (χ0) is 16.9. The predicted octanol–water partition coefficient (Wildman–Crippen LogP) is 2.30. The first kappa shape index (κ1) is 17.1. The third kappa shape index (κ3) is 3.86. The number of hydrogen-bond donors (Lipinski definition) is 1. The summed E-state index contributed by atoms with van der Waals surface area (Å²) in [5.74, 6) is 0. The molecule has 1 aromatic heterocycles. The van der Waals surface area contributed by atoms with Gasteiger partial charge in [-0.1, -0.05) is 25.1 Å². The van der Waals surface area contributed by atoms with E-state index in [4.69, 9.17) is 9.84 Å². The number of nitrogens with zero attached hydrogens (tertiary/aromatic N) is 3. The lowest BCUT2D eigenvalue weighted by atomic mass is 10.2. The van der Waals surface area contributed by atoms with E-state index >= 15 is 0 Å². The van der Waals surface area contributed by atoms with Gasteiger partial charge in [0.15, 0.2) is 0 Å². The molecule has 0 saturated carbocycles. The van der Waals surface area contributed by atoms with Gasteiger partial charge >= 0.3 is 0 Å². The largest absolute Gasteiger partial charge is 0.374 e. The molecule has 2 aromatic rings. The molecule has 0 aliphatic carbocycles. The van der Waals surface area contributed by atoms with Crippen LogP contribution in [0.4, 0.5) is 0 Å². The number of nitrogens with one attached hydrogen (secondary N) is 1. The Morgan fingerprint density at radius 1 is 1.25 bits per heavy atom. The number of morpholine rings is 1. The van der Waals surface area contributed by atoms with Gasteiger partial charge in [0.2, 0.25) is 0 Å². The van der Waals surface area contributed by atoms with Crippen molar-refractivity contribution in [1.82, 2.24) is 20.0 Å². The standard InChI is InChI=1S/C19H28N4O/c1-4-22-10-11-24-18(14-22)12-20-13-19-15(2)21-23(16(19)3)17-8-6-5-7-9-17/h5-9,18,20H,4,10-14H2,1-3H3/t18-/m1/s1. The van der Waals surface area contributed by atoms with Crippen molar-refractivity contribution in [2.45, 2.75) is 33.4 Å². The molecule has 0 amide bonds. The number of aryl methyl sites for hydroxylation is 1. The van der Waals surface area contributed by atoms with Crippen LogP contribution in [0.3, 0.4) is 0 Å². The van der Waals surface area contributed by atoms with Gasteiger partial charge in [-0.15, -0.1) is 0 Å². The van der Waals surface area contributed by atoms with E-state index in [1.807, 2.05) is 22.9 Å². The molecule has 1 saturated heterocycles. The molecule has 1 aromatic carbocycles. The Balaban J connectivity index is 1.61. The lowest BCUT2D eigenvalue weighted by Crippen LogP contribution is -2.46. The van der Waals surface area contributed by atoms with E-state index in [1.165, 1.54) is 11.3 Å². The molecule has 1 atom stereocenters. The summed E-state index contributed by atoms with van der Waals surface area (Å²) in [5.41, 5.74) is 4.68. The van der Waals surface area contributed by atoms with E-state index in [2.05, 4.69) is 43.1 Å². The molecule has 1 N–H and O–H groups in total. The fourth-order valence-electron chi connectivity index (χ4n) is 3.30. The van der Waals surface area contributed by atoms with Gasteiger partial charge in [-0.05, 0) is 32.5 Å². The number of benzene rings is 1. The second kappa shape index (κ2) is 7.92. The van der Waals surface area contributed by atoms with Crippen molar-refractivity contribution >= 4 is 0 Å². The second-order valence-corrected chi connectivity index (χ2v) is 6.41. The average molecular weight is 328 g/mol. The smallest absolute Gasteiger partial charge is 0.0826 e. The lowest BCUT2D eigenvalue weighted by molar-refractivity contribution is -0.0253. The molecular formula is C19H28N4O. The van der Waals surface area contributed by atoms with Crippen molar-refractivity contribution in [2.75, 3.05) is 32.8 Å². The second-order valence-electron chi connectivity index (χ2n) is 6.41. The minimum absolute atomic E-state index is 0.281. The summed E-state index contributed by atoms with van der Waals surface area (Å²) in [6.45, 7) is 12.1. The van der Waals surface area contributed by atoms with Crippen LogP contribution in [0.1, 0.15) is 23.9 Å². The van der Waals surface area contributed by atoms with Gasteiger partial charge in [-0.3, -0.25) is 4.90 Å². The van der Waals surface area contributed by atoms with E-state index in [1.54, 1.807) is 0 Å². The Hall–Kier alpha value is -1.69. The predicted molar refractivity (Wildman–Crippen MR) is 96.6 cm³/mol. The zero-order valence-corrected chi connectivity index (χ0v) is 15.0. The minimum Gasteiger partial charge on any atom is -0.374 e. The topological polar surface area (TPSA) is 42.3 Å². The molecule has 5 heteroatoms. The highest BCUT2D eigenvalue weighted by Crippen LogP contribution is 2.17. The summed E-state index contributed by atoms with van der Waals surface area (Å²) in [7, 11) is 0. The van der Waals surface area contributed by atoms with Crippen molar-refractivity contribution < 1.29 is 4.74 Å². The Kier molecular flexibility index (Phi) is 5.66. The normalized spacial score (nSPS) is 18.9. The monoisotopic (exact) mass is 328 g/mol. The molecular weight excluding hydrogens is 300 g/mol. The summed E-state index contributed by atoms with van der Waals surface area (Å²) in [6, 6.07) is 10.3. The molecule has 0 unspecified atom stereocenters. The van der Waals surface area contributed by atoms with E-state index < -0.39 is 0 Å². The molecule has 3 rings (SSSR count). The molecule has 2 heterocycles. The van der Waals surface area contributed by atoms with Crippen LogP contribution in [0.2, 0.25) is 0 Å². The van der Waals surface area contributed by atoms with Crippen molar-refractivity contribution in [3.05, 3.63) is 47.3 Å². The Bertz CT molecular complexity index is 653. The maximum Gasteiger partial charge on any atom is 0.0826 e. The molecule has 1 fully saturated rings. The van der Waals surface area contributed by atoms with Crippen LogP contribution in [-0.4, -0.2) is 53.6 Å². The summed E-state index contributed by atoms with van der Waals surface area (Å²) < 4.78 is 7.89.